The number of hydrogen-bond donors (Lipinski definition) is 0. The zero-order valence-electron chi connectivity index (χ0n) is 6.55. The molecule has 0 spiro atoms. The van der Waals surface area contributed by atoms with Gasteiger partial charge in [-0.2, -0.15) is 0 Å². The van der Waals surface area contributed by atoms with Gasteiger partial charge in [0.25, 0.3) is 0 Å². The van der Waals surface area contributed by atoms with Gasteiger partial charge in [-0.1, -0.05) is 18.2 Å². The molecule has 0 radical (unpaired) electrons. The van der Waals surface area contributed by atoms with Crippen molar-refractivity contribution in [2.45, 2.75) is 19.3 Å². The quantitative estimate of drug-likeness (QED) is 0.443. The van der Waals surface area contributed by atoms with Crippen molar-refractivity contribution in [3.8, 4) is 0 Å². The molecule has 1 rings (SSSR count). The van der Waals surface area contributed by atoms with Crippen molar-refractivity contribution in [1.82, 2.24) is 0 Å². The van der Waals surface area contributed by atoms with Gasteiger partial charge in [-0.15, -0.1) is 6.58 Å². The Morgan fingerprint density at radius 3 is 3.27 bits per heavy atom. The van der Waals surface area contributed by atoms with Gasteiger partial charge in [0.2, 0.25) is 0 Å². The Kier molecular flexibility index (Phi) is 2.88. The Bertz CT molecular complexity index is 219. The SMILES string of the molecule is C=CCCC1CC=CC1=C=O. The number of allylic oxidation sites excluding steroid dienone is 4. The Labute approximate surface area is 67.1 Å². The second-order valence-electron chi connectivity index (χ2n) is 2.76. The average molecular weight is 148 g/mol. The number of rotatable bonds is 3. The highest BCUT2D eigenvalue weighted by atomic mass is 16.1. The smallest absolute Gasteiger partial charge is 0.128 e. The van der Waals surface area contributed by atoms with Crippen molar-refractivity contribution >= 4 is 5.94 Å². The summed E-state index contributed by atoms with van der Waals surface area (Å²) in [6.45, 7) is 3.64. The first-order valence-electron chi connectivity index (χ1n) is 3.91. The van der Waals surface area contributed by atoms with Gasteiger partial charge < -0.3 is 0 Å². The topological polar surface area (TPSA) is 17.1 Å². The zero-order valence-corrected chi connectivity index (χ0v) is 6.55. The maximum atomic E-state index is 10.3. The lowest BCUT2D eigenvalue weighted by Gasteiger charge is -2.05. The molecule has 0 saturated carbocycles. The van der Waals surface area contributed by atoms with E-state index in [0.717, 1.165) is 24.8 Å². The molecule has 0 fully saturated rings. The molecule has 0 heterocycles. The molecule has 1 aliphatic carbocycles. The second-order valence-corrected chi connectivity index (χ2v) is 2.76. The van der Waals surface area contributed by atoms with Crippen LogP contribution >= 0.6 is 0 Å². The zero-order chi connectivity index (χ0) is 8.10. The fourth-order valence-corrected chi connectivity index (χ4v) is 1.33. The molecule has 0 N–H and O–H groups in total. The van der Waals surface area contributed by atoms with E-state index >= 15 is 0 Å². The number of hydrogen-bond acceptors (Lipinski definition) is 1. The lowest BCUT2D eigenvalue weighted by Crippen LogP contribution is -1.96. The van der Waals surface area contributed by atoms with Crippen LogP contribution in [0.5, 0.6) is 0 Å². The summed E-state index contributed by atoms with van der Waals surface area (Å²) < 4.78 is 0. The van der Waals surface area contributed by atoms with Gasteiger partial charge in [0.05, 0.1) is 0 Å². The van der Waals surface area contributed by atoms with Crippen molar-refractivity contribution in [3.05, 3.63) is 30.4 Å². The third-order valence-electron chi connectivity index (χ3n) is 1.99. The molecule has 0 saturated heterocycles. The summed E-state index contributed by atoms with van der Waals surface area (Å²) in [5.74, 6) is 2.38. The van der Waals surface area contributed by atoms with Crippen molar-refractivity contribution in [1.29, 1.82) is 0 Å². The molecule has 1 heteroatoms. The highest BCUT2D eigenvalue weighted by Gasteiger charge is 2.15. The summed E-state index contributed by atoms with van der Waals surface area (Å²) >= 11 is 0. The molecule has 58 valence electrons. The average Bonchev–Trinajstić information content (AvgIpc) is 2.47. The molecule has 1 atom stereocenters. The van der Waals surface area contributed by atoms with Crippen LogP contribution in [0.2, 0.25) is 0 Å². The van der Waals surface area contributed by atoms with Crippen LogP contribution in [0.3, 0.4) is 0 Å². The third kappa shape index (κ3) is 1.92. The van der Waals surface area contributed by atoms with Crippen LogP contribution in [0.25, 0.3) is 0 Å². The lowest BCUT2D eigenvalue weighted by atomic mass is 9.97. The van der Waals surface area contributed by atoms with E-state index in [2.05, 4.69) is 6.58 Å². The first-order valence-corrected chi connectivity index (χ1v) is 3.91. The largest absolute Gasteiger partial charge is 0.233 e. The second kappa shape index (κ2) is 3.95. The summed E-state index contributed by atoms with van der Waals surface area (Å²) in [5.41, 5.74) is 0.826. The summed E-state index contributed by atoms with van der Waals surface area (Å²) in [6, 6.07) is 0. The Morgan fingerprint density at radius 2 is 2.64 bits per heavy atom. The summed E-state index contributed by atoms with van der Waals surface area (Å²) in [4.78, 5) is 10.3. The van der Waals surface area contributed by atoms with Crippen molar-refractivity contribution in [2.24, 2.45) is 5.92 Å². The molecule has 11 heavy (non-hydrogen) atoms. The van der Waals surface area contributed by atoms with Crippen LogP contribution in [-0.4, -0.2) is 5.94 Å². The minimum absolute atomic E-state index is 0.408. The van der Waals surface area contributed by atoms with Gasteiger partial charge in [0.1, 0.15) is 5.94 Å². The van der Waals surface area contributed by atoms with Gasteiger partial charge in [0.15, 0.2) is 0 Å². The predicted molar refractivity (Wildman–Crippen MR) is 45.9 cm³/mol. The predicted octanol–water partition coefficient (Wildman–Crippen LogP) is 2.29. The van der Waals surface area contributed by atoms with E-state index in [1.54, 1.807) is 0 Å². The Balaban J connectivity index is 2.48. The molecule has 0 aromatic carbocycles. The molecule has 0 amide bonds. The van der Waals surface area contributed by atoms with E-state index in [-0.39, 0.29) is 0 Å². The van der Waals surface area contributed by atoms with Crippen molar-refractivity contribution in [3.63, 3.8) is 0 Å². The normalized spacial score (nSPS) is 21.8. The standard InChI is InChI=1S/C10H12O/c1-2-3-5-9-6-4-7-10(9)8-11/h2,4,7,9H,1,3,5-6H2. The summed E-state index contributed by atoms with van der Waals surface area (Å²) in [6.07, 6.45) is 8.81. The summed E-state index contributed by atoms with van der Waals surface area (Å²) in [5, 5.41) is 0. The molecule has 0 aromatic rings. The molecular weight excluding hydrogens is 136 g/mol. The van der Waals surface area contributed by atoms with Gasteiger partial charge in [0, 0.05) is 5.57 Å². The molecule has 1 nitrogen and oxygen atoms in total. The van der Waals surface area contributed by atoms with Crippen molar-refractivity contribution < 1.29 is 4.79 Å². The maximum absolute atomic E-state index is 10.3. The first-order chi connectivity index (χ1) is 5.38. The van der Waals surface area contributed by atoms with Crippen LogP contribution in [0.1, 0.15) is 19.3 Å². The van der Waals surface area contributed by atoms with Gasteiger partial charge in [-0.05, 0) is 25.2 Å². The van der Waals surface area contributed by atoms with Gasteiger partial charge >= 0.3 is 0 Å². The summed E-state index contributed by atoms with van der Waals surface area (Å²) in [7, 11) is 0. The molecule has 0 aliphatic heterocycles. The first kappa shape index (κ1) is 8.03. The number of carbonyl (C=O) groups excluding carboxylic acids is 1. The van der Waals surface area contributed by atoms with Gasteiger partial charge in [-0.25, -0.2) is 4.79 Å². The van der Waals surface area contributed by atoms with E-state index in [1.165, 1.54) is 0 Å². The van der Waals surface area contributed by atoms with Crippen LogP contribution in [-0.2, 0) is 4.79 Å². The molecule has 1 unspecified atom stereocenters. The van der Waals surface area contributed by atoms with Crippen LogP contribution in [0.15, 0.2) is 30.4 Å². The highest BCUT2D eigenvalue weighted by molar-refractivity contribution is 5.59. The fourth-order valence-electron chi connectivity index (χ4n) is 1.33. The Hall–Kier alpha value is -1.07. The minimum atomic E-state index is 0.408. The lowest BCUT2D eigenvalue weighted by molar-refractivity contribution is 0.555. The fraction of sp³-hybridized carbons (Fsp3) is 0.400. The third-order valence-corrected chi connectivity index (χ3v) is 1.99. The molecular formula is C10H12O. The van der Waals surface area contributed by atoms with E-state index in [9.17, 15) is 4.79 Å². The Morgan fingerprint density at radius 1 is 1.82 bits per heavy atom. The van der Waals surface area contributed by atoms with Crippen LogP contribution in [0, 0.1) is 5.92 Å². The monoisotopic (exact) mass is 148 g/mol. The maximum Gasteiger partial charge on any atom is 0.128 e. The van der Waals surface area contributed by atoms with E-state index < -0.39 is 0 Å². The van der Waals surface area contributed by atoms with E-state index in [1.807, 2.05) is 24.2 Å². The van der Waals surface area contributed by atoms with Crippen molar-refractivity contribution in [2.75, 3.05) is 0 Å². The molecule has 0 bridgehead atoms. The van der Waals surface area contributed by atoms with E-state index in [4.69, 9.17) is 0 Å². The highest BCUT2D eigenvalue weighted by Crippen LogP contribution is 2.26. The molecule has 0 aromatic heterocycles. The molecule has 1 aliphatic rings. The van der Waals surface area contributed by atoms with Crippen LogP contribution in [0.4, 0.5) is 0 Å². The minimum Gasteiger partial charge on any atom is -0.233 e. The van der Waals surface area contributed by atoms with E-state index in [0.29, 0.717) is 5.92 Å². The van der Waals surface area contributed by atoms with Crippen LogP contribution < -0.4 is 0 Å². The van der Waals surface area contributed by atoms with Gasteiger partial charge in [-0.3, -0.25) is 0 Å².